The molecule has 0 unspecified atom stereocenters. The second-order valence-electron chi connectivity index (χ2n) is 12.1. The smallest absolute Gasteiger partial charge is 0.335 e. The van der Waals surface area contributed by atoms with Crippen molar-refractivity contribution in [3.63, 3.8) is 0 Å². The summed E-state index contributed by atoms with van der Waals surface area (Å²) in [6.45, 7) is 5.67. The Kier molecular flexibility index (Phi) is 14.4. The molecule has 0 saturated heterocycles. The number of anilines is 2. The van der Waals surface area contributed by atoms with Crippen LogP contribution in [0.1, 0.15) is 76.3 Å². The third-order valence-electron chi connectivity index (χ3n) is 8.38. The Labute approximate surface area is 311 Å². The second kappa shape index (κ2) is 19.1. The van der Waals surface area contributed by atoms with Crippen molar-refractivity contribution >= 4 is 52.6 Å². The topological polar surface area (TPSA) is 191 Å². The van der Waals surface area contributed by atoms with Crippen LogP contribution in [-0.4, -0.2) is 85.8 Å². The average Bonchev–Trinajstić information content (AvgIpc) is 3.14. The standard InChI is InChI=1S/C38H41ClN6O8/c1-4-28(5-2)45(20-19-44(3)33(46)17-18-34(47)48)23-24-7-6-8-26(21-24)36(49)42-30-14-15-31(39)43-35(30)37(50)41-27-11-16-32(40-22-27)53-29-12-9-25(10-13-29)38(51)52/h6-16,21-22,28H,4-5,17-20,23H2,1-3H3,(H,41,50)(H,42,49)(H,47,48)(H,51,52). The molecule has 4 rings (SSSR count). The van der Waals surface area contributed by atoms with E-state index in [0.717, 1.165) is 18.4 Å². The molecular formula is C38H41ClN6O8. The zero-order chi connectivity index (χ0) is 38.5. The van der Waals surface area contributed by atoms with Crippen molar-refractivity contribution in [2.24, 2.45) is 0 Å². The van der Waals surface area contributed by atoms with Crippen LogP contribution in [0, 0.1) is 0 Å². The molecule has 0 aliphatic heterocycles. The number of nitrogens with one attached hydrogen (secondary N) is 2. The van der Waals surface area contributed by atoms with Crippen molar-refractivity contribution in [2.75, 3.05) is 30.8 Å². The fourth-order valence-corrected chi connectivity index (χ4v) is 5.59. The first-order chi connectivity index (χ1) is 25.4. The van der Waals surface area contributed by atoms with Gasteiger partial charge in [0, 0.05) is 50.8 Å². The molecule has 0 radical (unpaired) electrons. The number of likely N-dealkylation sites (N-methyl/N-ethyl adjacent to an activating group) is 1. The Bertz CT molecular complexity index is 1920. The number of nitrogens with zero attached hydrogens (tertiary/aromatic N) is 4. The number of amides is 3. The lowest BCUT2D eigenvalue weighted by atomic mass is 10.1. The summed E-state index contributed by atoms with van der Waals surface area (Å²) in [4.78, 5) is 73.3. The number of aromatic carboxylic acids is 1. The molecule has 4 aromatic rings. The van der Waals surface area contributed by atoms with Crippen LogP contribution < -0.4 is 15.4 Å². The van der Waals surface area contributed by atoms with E-state index in [1.807, 2.05) is 6.07 Å². The fourth-order valence-electron chi connectivity index (χ4n) is 5.44. The Morgan fingerprint density at radius 1 is 0.849 bits per heavy atom. The van der Waals surface area contributed by atoms with Crippen molar-refractivity contribution in [2.45, 2.75) is 52.1 Å². The molecule has 0 aliphatic carbocycles. The summed E-state index contributed by atoms with van der Waals surface area (Å²) in [5.74, 6) is -2.83. The minimum Gasteiger partial charge on any atom is -0.481 e. The number of hydrogen-bond donors (Lipinski definition) is 4. The molecule has 2 heterocycles. The summed E-state index contributed by atoms with van der Waals surface area (Å²) in [6.07, 6.45) is 2.84. The predicted molar refractivity (Wildman–Crippen MR) is 199 cm³/mol. The van der Waals surface area contributed by atoms with Crippen molar-refractivity contribution in [1.29, 1.82) is 0 Å². The van der Waals surface area contributed by atoms with Crippen LogP contribution in [-0.2, 0) is 16.1 Å². The maximum Gasteiger partial charge on any atom is 0.335 e. The van der Waals surface area contributed by atoms with E-state index in [1.165, 1.54) is 48.7 Å². The number of carboxylic acid groups (broad SMARTS) is 2. The van der Waals surface area contributed by atoms with Crippen LogP contribution in [0.2, 0.25) is 5.15 Å². The van der Waals surface area contributed by atoms with Gasteiger partial charge >= 0.3 is 11.9 Å². The monoisotopic (exact) mass is 744 g/mol. The lowest BCUT2D eigenvalue weighted by molar-refractivity contribution is -0.140. The van der Waals surface area contributed by atoms with Gasteiger partial charge in [-0.3, -0.25) is 24.1 Å². The molecule has 0 bridgehead atoms. The number of carboxylic acids is 2. The Balaban J connectivity index is 1.42. The third-order valence-corrected chi connectivity index (χ3v) is 8.59. The minimum atomic E-state index is -1.05. The van der Waals surface area contributed by atoms with Crippen molar-refractivity contribution in [3.05, 3.63) is 107 Å². The van der Waals surface area contributed by atoms with E-state index in [-0.39, 0.29) is 52.8 Å². The molecule has 15 heteroatoms. The van der Waals surface area contributed by atoms with Gasteiger partial charge in [-0.1, -0.05) is 37.6 Å². The zero-order valence-electron chi connectivity index (χ0n) is 29.5. The van der Waals surface area contributed by atoms with Crippen LogP contribution in [0.3, 0.4) is 0 Å². The van der Waals surface area contributed by atoms with E-state index in [9.17, 15) is 24.0 Å². The summed E-state index contributed by atoms with van der Waals surface area (Å²) < 4.78 is 5.65. The van der Waals surface area contributed by atoms with Crippen molar-refractivity contribution in [3.8, 4) is 11.6 Å². The normalized spacial score (nSPS) is 10.9. The number of carbonyl (C=O) groups excluding carboxylic acids is 3. The highest BCUT2D eigenvalue weighted by Gasteiger charge is 2.21. The lowest BCUT2D eigenvalue weighted by Crippen LogP contribution is -2.41. The van der Waals surface area contributed by atoms with Gasteiger partial charge in [0.05, 0.1) is 29.6 Å². The molecule has 0 saturated carbocycles. The number of ether oxygens (including phenoxy) is 1. The molecule has 4 N–H and O–H groups in total. The van der Waals surface area contributed by atoms with Crippen LogP contribution >= 0.6 is 11.6 Å². The summed E-state index contributed by atoms with van der Waals surface area (Å²) in [7, 11) is 1.66. The van der Waals surface area contributed by atoms with Gasteiger partial charge in [-0.05, 0) is 73.0 Å². The molecular weight excluding hydrogens is 704 g/mol. The minimum absolute atomic E-state index is 0.0432. The van der Waals surface area contributed by atoms with E-state index >= 15 is 0 Å². The van der Waals surface area contributed by atoms with Gasteiger partial charge in [0.15, 0.2) is 5.69 Å². The molecule has 2 aromatic heterocycles. The van der Waals surface area contributed by atoms with Gasteiger partial charge in [-0.15, -0.1) is 0 Å². The Morgan fingerprint density at radius 2 is 1.58 bits per heavy atom. The molecule has 3 amide bonds. The average molecular weight is 745 g/mol. The van der Waals surface area contributed by atoms with Gasteiger partial charge in [0.2, 0.25) is 11.8 Å². The lowest BCUT2D eigenvalue weighted by Gasteiger charge is -2.32. The van der Waals surface area contributed by atoms with Gasteiger partial charge in [0.25, 0.3) is 11.8 Å². The predicted octanol–water partition coefficient (Wildman–Crippen LogP) is 6.44. The van der Waals surface area contributed by atoms with Gasteiger partial charge < -0.3 is 30.5 Å². The zero-order valence-corrected chi connectivity index (χ0v) is 30.3. The summed E-state index contributed by atoms with van der Waals surface area (Å²) in [5, 5.41) is 23.5. The Morgan fingerprint density at radius 3 is 2.23 bits per heavy atom. The molecule has 2 aromatic carbocycles. The van der Waals surface area contributed by atoms with Gasteiger partial charge in [-0.25, -0.2) is 14.8 Å². The molecule has 0 fully saturated rings. The van der Waals surface area contributed by atoms with Crippen LogP contribution in [0.25, 0.3) is 0 Å². The third kappa shape index (κ3) is 11.8. The van der Waals surface area contributed by atoms with E-state index < -0.39 is 23.8 Å². The van der Waals surface area contributed by atoms with Crippen LogP contribution in [0.15, 0.2) is 79.0 Å². The molecule has 14 nitrogen and oxygen atoms in total. The highest BCUT2D eigenvalue weighted by molar-refractivity contribution is 6.29. The maximum atomic E-state index is 13.5. The largest absolute Gasteiger partial charge is 0.481 e. The summed E-state index contributed by atoms with van der Waals surface area (Å²) in [6, 6.07) is 19.2. The maximum absolute atomic E-state index is 13.5. The van der Waals surface area contributed by atoms with Crippen LogP contribution in [0.5, 0.6) is 11.6 Å². The Hall–Kier alpha value is -5.86. The number of pyridine rings is 2. The summed E-state index contributed by atoms with van der Waals surface area (Å²) >= 11 is 6.14. The van der Waals surface area contributed by atoms with Crippen molar-refractivity contribution in [1.82, 2.24) is 19.8 Å². The van der Waals surface area contributed by atoms with E-state index in [4.69, 9.17) is 26.6 Å². The number of aliphatic carboxylic acids is 1. The quantitative estimate of drug-likeness (QED) is 0.0820. The first-order valence-electron chi connectivity index (χ1n) is 16.9. The molecule has 278 valence electrons. The SMILES string of the molecule is CCC(CC)N(CCN(C)C(=O)CCC(=O)O)Cc1cccc(C(=O)Nc2ccc(Cl)nc2C(=O)Nc2ccc(Oc3ccc(C(=O)O)cc3)nc2)c1. The fraction of sp³-hybridized carbons (Fsp3) is 0.289. The van der Waals surface area contributed by atoms with Gasteiger partial charge in [0.1, 0.15) is 10.9 Å². The molecule has 0 atom stereocenters. The van der Waals surface area contributed by atoms with E-state index in [0.29, 0.717) is 36.6 Å². The molecule has 0 aliphatic rings. The van der Waals surface area contributed by atoms with E-state index in [1.54, 1.807) is 36.2 Å². The first kappa shape index (κ1) is 39.9. The van der Waals surface area contributed by atoms with Crippen LogP contribution in [0.4, 0.5) is 11.4 Å². The number of carbonyl (C=O) groups is 5. The van der Waals surface area contributed by atoms with Crippen molar-refractivity contribution < 1.29 is 38.9 Å². The highest BCUT2D eigenvalue weighted by atomic mass is 35.5. The van der Waals surface area contributed by atoms with Gasteiger partial charge in [-0.2, -0.15) is 0 Å². The number of rotatable bonds is 18. The first-order valence-corrected chi connectivity index (χ1v) is 17.3. The summed E-state index contributed by atoms with van der Waals surface area (Å²) in [5.41, 5.74) is 1.66. The molecule has 0 spiro atoms. The number of hydrogen-bond acceptors (Lipinski definition) is 9. The molecule has 53 heavy (non-hydrogen) atoms. The number of benzene rings is 2. The second-order valence-corrected chi connectivity index (χ2v) is 12.5. The number of halogens is 1. The highest BCUT2D eigenvalue weighted by Crippen LogP contribution is 2.24. The number of aromatic nitrogens is 2. The van der Waals surface area contributed by atoms with E-state index in [2.05, 4.69) is 39.3 Å².